The zero-order valence-corrected chi connectivity index (χ0v) is 15.0. The van der Waals surface area contributed by atoms with E-state index in [0.717, 1.165) is 37.2 Å². The number of hydrogen-bond acceptors (Lipinski definition) is 5. The largest absolute Gasteiger partial charge is 0.497 e. The minimum atomic E-state index is -0.927. The quantitative estimate of drug-likeness (QED) is 0.782. The number of likely N-dealkylation sites (tertiary alicyclic amines) is 1. The predicted molar refractivity (Wildman–Crippen MR) is 105 cm³/mol. The van der Waals surface area contributed by atoms with Gasteiger partial charge in [-0.1, -0.05) is 19.6 Å². The third kappa shape index (κ3) is 5.28. The summed E-state index contributed by atoms with van der Waals surface area (Å²) < 4.78 is 5.17. The summed E-state index contributed by atoms with van der Waals surface area (Å²) >= 11 is 0. The zero-order chi connectivity index (χ0) is 18.4. The van der Waals surface area contributed by atoms with Crippen molar-refractivity contribution in [2.24, 2.45) is 0 Å². The second-order valence-electron chi connectivity index (χ2n) is 6.46. The maximum Gasteiger partial charge on any atom is 0.242 e. The molecule has 1 amide bonds. The van der Waals surface area contributed by atoms with Gasteiger partial charge in [-0.05, 0) is 48.2 Å². The number of aromatic nitrogens is 1. The van der Waals surface area contributed by atoms with Crippen LogP contribution in [0.5, 0.6) is 5.75 Å². The van der Waals surface area contributed by atoms with Crippen LogP contribution in [0.25, 0.3) is 0 Å². The molecule has 146 valence electrons. The molecule has 0 spiro atoms. The van der Waals surface area contributed by atoms with Crippen molar-refractivity contribution in [2.45, 2.75) is 39.0 Å². The van der Waals surface area contributed by atoms with Crippen LogP contribution in [0.4, 0.5) is 0 Å². The average molecular weight is 371 g/mol. The van der Waals surface area contributed by atoms with E-state index in [9.17, 15) is 9.90 Å². The van der Waals surface area contributed by atoms with Gasteiger partial charge in [0.1, 0.15) is 17.9 Å². The minimum Gasteiger partial charge on any atom is -0.497 e. The van der Waals surface area contributed by atoms with E-state index in [0.29, 0.717) is 12.1 Å². The Bertz CT molecular complexity index is 700. The van der Waals surface area contributed by atoms with E-state index in [2.05, 4.69) is 10.3 Å². The molecule has 2 heterocycles. The first-order chi connectivity index (χ1) is 12.7. The molecular weight excluding hydrogens is 342 g/mol. The van der Waals surface area contributed by atoms with Gasteiger partial charge in [0.15, 0.2) is 0 Å². The van der Waals surface area contributed by atoms with Gasteiger partial charge in [-0.25, -0.2) is 0 Å². The second kappa shape index (κ2) is 10.0. The smallest absolute Gasteiger partial charge is 0.242 e. The van der Waals surface area contributed by atoms with Crippen molar-refractivity contribution in [1.82, 2.24) is 15.2 Å². The summed E-state index contributed by atoms with van der Waals surface area (Å²) in [6.45, 7) is 1.99. The van der Waals surface area contributed by atoms with Gasteiger partial charge >= 0.3 is 0 Å². The average Bonchev–Trinajstić information content (AvgIpc) is 3.24. The molecule has 27 heavy (non-hydrogen) atoms. The predicted octanol–water partition coefficient (Wildman–Crippen LogP) is 2.54. The topological polar surface area (TPSA) is 74.7 Å². The van der Waals surface area contributed by atoms with E-state index in [1.807, 2.05) is 29.2 Å². The summed E-state index contributed by atoms with van der Waals surface area (Å²) in [5.41, 5.74) is 1.70. The number of aliphatic hydroxyl groups is 1. The van der Waals surface area contributed by atoms with Crippen LogP contribution in [0, 0.1) is 0 Å². The molecule has 0 radical (unpaired) electrons. The fourth-order valence-corrected chi connectivity index (χ4v) is 3.19. The molecule has 1 aliphatic heterocycles. The van der Waals surface area contributed by atoms with Gasteiger partial charge in [0, 0.05) is 32.0 Å². The lowest BCUT2D eigenvalue weighted by Gasteiger charge is -2.28. The van der Waals surface area contributed by atoms with Crippen LogP contribution >= 0.6 is 0 Å². The molecule has 2 aromatic rings. The first-order valence-electron chi connectivity index (χ1n) is 8.92. The number of pyridine rings is 1. The van der Waals surface area contributed by atoms with Gasteiger partial charge in [-0.2, -0.15) is 0 Å². The number of carbonyl (C=O) groups is 1. The molecule has 0 saturated carbocycles. The van der Waals surface area contributed by atoms with Gasteiger partial charge in [0.05, 0.1) is 7.11 Å². The maximum atomic E-state index is 12.9. The number of amides is 1. The Morgan fingerprint density at radius 1 is 1.19 bits per heavy atom. The van der Waals surface area contributed by atoms with Crippen LogP contribution in [-0.2, 0) is 11.3 Å². The molecular formula is C21H29N3O3. The number of aliphatic hydroxyl groups excluding tert-OH is 1. The normalized spacial score (nSPS) is 15.7. The Morgan fingerprint density at radius 3 is 2.41 bits per heavy atom. The third-order valence-electron chi connectivity index (χ3n) is 4.73. The first kappa shape index (κ1) is 20.9. The minimum absolute atomic E-state index is 0. The number of carbonyl (C=O) groups excluding carboxylic acids is 1. The van der Waals surface area contributed by atoms with E-state index < -0.39 is 12.1 Å². The Balaban J connectivity index is 0.00000261. The van der Waals surface area contributed by atoms with E-state index >= 15 is 0 Å². The fraction of sp³-hybridized carbons (Fsp3) is 0.429. The lowest BCUT2D eigenvalue weighted by atomic mass is 10.0. The number of benzene rings is 1. The van der Waals surface area contributed by atoms with Crippen LogP contribution in [0.3, 0.4) is 0 Å². The van der Waals surface area contributed by atoms with Gasteiger partial charge in [0.2, 0.25) is 5.91 Å². The van der Waals surface area contributed by atoms with Crippen molar-refractivity contribution < 1.29 is 14.6 Å². The summed E-state index contributed by atoms with van der Waals surface area (Å²) in [5, 5.41) is 14.1. The summed E-state index contributed by atoms with van der Waals surface area (Å²) in [7, 11) is 1.63. The molecule has 6 nitrogen and oxygen atoms in total. The number of methoxy groups -OCH3 is 1. The van der Waals surface area contributed by atoms with Crippen LogP contribution in [0.15, 0.2) is 48.8 Å². The standard InChI is InChI=1S/C20H25N3O3.CH4/c1-26-17-6-4-15(5-7-17)14-22-18(20(25)23-12-2-3-13-23)19(24)16-8-10-21-11-9-16;/h4-11,18-19,22,24H,2-3,12-14H2,1H3;1H4/t18-,19+;/m1./s1. The van der Waals surface area contributed by atoms with Gasteiger partial charge in [0.25, 0.3) is 0 Å². The molecule has 2 atom stereocenters. The second-order valence-corrected chi connectivity index (χ2v) is 6.46. The Morgan fingerprint density at radius 2 is 1.81 bits per heavy atom. The highest BCUT2D eigenvalue weighted by molar-refractivity contribution is 5.83. The third-order valence-corrected chi connectivity index (χ3v) is 4.73. The number of nitrogens with one attached hydrogen (secondary N) is 1. The summed E-state index contributed by atoms with van der Waals surface area (Å²) in [6, 6.07) is 10.4. The number of rotatable bonds is 7. The van der Waals surface area contributed by atoms with E-state index in [-0.39, 0.29) is 13.3 Å². The molecule has 1 aromatic carbocycles. The number of hydrogen-bond donors (Lipinski definition) is 2. The SMILES string of the molecule is C.COc1ccc(CN[C@@H](C(=O)N2CCCC2)[C@@H](O)c2ccncc2)cc1. The highest BCUT2D eigenvalue weighted by atomic mass is 16.5. The zero-order valence-electron chi connectivity index (χ0n) is 15.0. The first-order valence-corrected chi connectivity index (χ1v) is 8.92. The van der Waals surface area contributed by atoms with Crippen molar-refractivity contribution in [3.8, 4) is 5.75 Å². The van der Waals surface area contributed by atoms with Crippen molar-refractivity contribution in [3.63, 3.8) is 0 Å². The molecule has 3 rings (SSSR count). The molecule has 1 aromatic heterocycles. The summed E-state index contributed by atoms with van der Waals surface area (Å²) in [5.74, 6) is 0.732. The summed E-state index contributed by atoms with van der Waals surface area (Å²) in [4.78, 5) is 18.8. The lowest BCUT2D eigenvalue weighted by molar-refractivity contribution is -0.135. The Labute approximate surface area is 161 Å². The van der Waals surface area contributed by atoms with Crippen molar-refractivity contribution >= 4 is 5.91 Å². The summed E-state index contributed by atoms with van der Waals surface area (Å²) in [6.07, 6.45) is 4.35. The molecule has 0 unspecified atom stereocenters. The van der Waals surface area contributed by atoms with E-state index in [4.69, 9.17) is 4.74 Å². The van der Waals surface area contributed by atoms with Crippen molar-refractivity contribution in [2.75, 3.05) is 20.2 Å². The molecule has 1 fully saturated rings. The van der Waals surface area contributed by atoms with Gasteiger partial charge < -0.3 is 14.7 Å². The van der Waals surface area contributed by atoms with Gasteiger partial charge in [-0.15, -0.1) is 0 Å². The number of ether oxygens (including phenoxy) is 1. The molecule has 6 heteroatoms. The Kier molecular flexibility index (Phi) is 7.76. The molecule has 2 N–H and O–H groups in total. The van der Waals surface area contributed by atoms with Crippen molar-refractivity contribution in [1.29, 1.82) is 0 Å². The molecule has 0 aliphatic carbocycles. The van der Waals surface area contributed by atoms with Crippen LogP contribution in [0.1, 0.15) is 37.5 Å². The van der Waals surface area contributed by atoms with Crippen LogP contribution in [-0.4, -0.2) is 47.1 Å². The highest BCUT2D eigenvalue weighted by Crippen LogP contribution is 2.21. The fourth-order valence-electron chi connectivity index (χ4n) is 3.19. The number of nitrogens with zero attached hydrogens (tertiary/aromatic N) is 2. The van der Waals surface area contributed by atoms with Crippen LogP contribution in [0.2, 0.25) is 0 Å². The van der Waals surface area contributed by atoms with Crippen molar-refractivity contribution in [3.05, 3.63) is 59.9 Å². The maximum absolute atomic E-state index is 12.9. The van der Waals surface area contributed by atoms with Crippen LogP contribution < -0.4 is 10.1 Å². The van der Waals surface area contributed by atoms with E-state index in [1.54, 1.807) is 31.6 Å². The van der Waals surface area contributed by atoms with Gasteiger partial charge in [-0.3, -0.25) is 15.1 Å². The molecule has 1 aliphatic rings. The molecule has 0 bridgehead atoms. The highest BCUT2D eigenvalue weighted by Gasteiger charge is 2.32. The van der Waals surface area contributed by atoms with E-state index in [1.165, 1.54) is 0 Å². The molecule has 1 saturated heterocycles. The lowest BCUT2D eigenvalue weighted by Crippen LogP contribution is -2.48. The Hall–Kier alpha value is -2.44. The monoisotopic (exact) mass is 371 g/mol.